The molecule has 1 aliphatic heterocycles. The third-order valence-corrected chi connectivity index (χ3v) is 3.84. The Bertz CT molecular complexity index is 736. The van der Waals surface area contributed by atoms with Gasteiger partial charge < -0.3 is 20.1 Å². The zero-order valence-corrected chi connectivity index (χ0v) is 13.9. The van der Waals surface area contributed by atoms with Crippen molar-refractivity contribution in [1.29, 1.82) is 0 Å². The molecule has 6 heteroatoms. The van der Waals surface area contributed by atoms with E-state index >= 15 is 0 Å². The predicted octanol–water partition coefficient (Wildman–Crippen LogP) is 2.05. The maximum absolute atomic E-state index is 13.1. The van der Waals surface area contributed by atoms with Crippen LogP contribution in [0.2, 0.25) is 0 Å². The minimum absolute atomic E-state index is 0.124. The number of nitrogens with one attached hydrogen (secondary N) is 2. The SMILES string of the molecule is O=C(Cc1cccc(F)c1)NCCNCc1cccc2c1OCCO2. The number of carbonyl (C=O) groups excluding carboxylic acids is 1. The Balaban J connectivity index is 1.38. The van der Waals surface area contributed by atoms with Crippen molar-refractivity contribution < 1.29 is 18.7 Å². The summed E-state index contributed by atoms with van der Waals surface area (Å²) in [5, 5.41) is 6.09. The Morgan fingerprint density at radius 3 is 2.80 bits per heavy atom. The highest BCUT2D eigenvalue weighted by molar-refractivity contribution is 5.78. The van der Waals surface area contributed by atoms with Gasteiger partial charge in [-0.05, 0) is 23.8 Å². The maximum Gasteiger partial charge on any atom is 0.224 e. The standard InChI is InChI=1S/C19H21FN2O3/c20-16-5-1-3-14(11-16)12-18(23)22-8-7-21-13-15-4-2-6-17-19(15)25-10-9-24-17/h1-6,11,21H,7-10,12-13H2,(H,22,23). The average molecular weight is 344 g/mol. The zero-order chi connectivity index (χ0) is 17.5. The number of fused-ring (bicyclic) bond motifs is 1. The lowest BCUT2D eigenvalue weighted by Gasteiger charge is -2.21. The van der Waals surface area contributed by atoms with Crippen LogP contribution >= 0.6 is 0 Å². The number of ether oxygens (including phenoxy) is 2. The first-order valence-corrected chi connectivity index (χ1v) is 8.32. The second-order valence-electron chi connectivity index (χ2n) is 5.77. The normalized spacial score (nSPS) is 12.7. The van der Waals surface area contributed by atoms with Crippen LogP contribution in [0.5, 0.6) is 11.5 Å². The minimum atomic E-state index is -0.329. The molecule has 2 aromatic carbocycles. The molecule has 1 amide bonds. The first kappa shape index (κ1) is 17.2. The molecule has 2 aromatic rings. The fourth-order valence-corrected chi connectivity index (χ4v) is 2.68. The highest BCUT2D eigenvalue weighted by atomic mass is 19.1. The van der Waals surface area contributed by atoms with Crippen LogP contribution in [0.15, 0.2) is 42.5 Å². The fraction of sp³-hybridized carbons (Fsp3) is 0.316. The number of amides is 1. The summed E-state index contributed by atoms with van der Waals surface area (Å²) in [7, 11) is 0. The van der Waals surface area contributed by atoms with Gasteiger partial charge in [0.1, 0.15) is 19.0 Å². The largest absolute Gasteiger partial charge is 0.486 e. The van der Waals surface area contributed by atoms with Gasteiger partial charge in [0.15, 0.2) is 11.5 Å². The molecule has 132 valence electrons. The fourth-order valence-electron chi connectivity index (χ4n) is 2.68. The van der Waals surface area contributed by atoms with Crippen LogP contribution < -0.4 is 20.1 Å². The number of halogens is 1. The Morgan fingerprint density at radius 1 is 1.08 bits per heavy atom. The quantitative estimate of drug-likeness (QED) is 0.755. The first-order chi connectivity index (χ1) is 12.2. The summed E-state index contributed by atoms with van der Waals surface area (Å²) in [6.07, 6.45) is 0.176. The number of para-hydroxylation sites is 1. The molecule has 5 nitrogen and oxygen atoms in total. The lowest BCUT2D eigenvalue weighted by Crippen LogP contribution is -2.32. The van der Waals surface area contributed by atoms with E-state index in [-0.39, 0.29) is 18.1 Å². The van der Waals surface area contributed by atoms with Gasteiger partial charge in [0, 0.05) is 25.2 Å². The van der Waals surface area contributed by atoms with Crippen LogP contribution in [0.1, 0.15) is 11.1 Å². The van der Waals surface area contributed by atoms with Crippen molar-refractivity contribution >= 4 is 5.91 Å². The van der Waals surface area contributed by atoms with E-state index in [1.54, 1.807) is 12.1 Å². The molecule has 0 unspecified atom stereocenters. The first-order valence-electron chi connectivity index (χ1n) is 8.32. The van der Waals surface area contributed by atoms with Gasteiger partial charge in [-0.3, -0.25) is 4.79 Å². The Hall–Kier alpha value is -2.60. The molecule has 0 spiro atoms. The predicted molar refractivity (Wildman–Crippen MR) is 92.3 cm³/mol. The van der Waals surface area contributed by atoms with Crippen molar-refractivity contribution in [2.24, 2.45) is 0 Å². The van der Waals surface area contributed by atoms with E-state index in [1.165, 1.54) is 12.1 Å². The van der Waals surface area contributed by atoms with Crippen molar-refractivity contribution in [3.63, 3.8) is 0 Å². The Labute approximate surface area is 146 Å². The van der Waals surface area contributed by atoms with E-state index < -0.39 is 0 Å². The van der Waals surface area contributed by atoms with Crippen LogP contribution in [0.4, 0.5) is 4.39 Å². The Morgan fingerprint density at radius 2 is 1.92 bits per heavy atom. The monoisotopic (exact) mass is 344 g/mol. The van der Waals surface area contributed by atoms with Crippen LogP contribution in [0.25, 0.3) is 0 Å². The van der Waals surface area contributed by atoms with Crippen LogP contribution in [-0.2, 0) is 17.8 Å². The molecule has 0 saturated carbocycles. The van der Waals surface area contributed by atoms with Gasteiger partial charge in [0.05, 0.1) is 6.42 Å². The van der Waals surface area contributed by atoms with Crippen molar-refractivity contribution in [1.82, 2.24) is 10.6 Å². The number of carbonyl (C=O) groups is 1. The van der Waals surface area contributed by atoms with Gasteiger partial charge in [-0.25, -0.2) is 4.39 Å². The zero-order valence-electron chi connectivity index (χ0n) is 13.9. The molecular formula is C19H21FN2O3. The third-order valence-electron chi connectivity index (χ3n) is 3.84. The Kier molecular flexibility index (Phi) is 5.85. The molecule has 0 aromatic heterocycles. The highest BCUT2D eigenvalue weighted by Gasteiger charge is 2.14. The third kappa shape index (κ3) is 4.93. The van der Waals surface area contributed by atoms with E-state index in [0.29, 0.717) is 38.4 Å². The molecule has 1 heterocycles. The van der Waals surface area contributed by atoms with Crippen molar-refractivity contribution in [2.75, 3.05) is 26.3 Å². The smallest absolute Gasteiger partial charge is 0.224 e. The summed E-state index contributed by atoms with van der Waals surface area (Å²) < 4.78 is 24.3. The topological polar surface area (TPSA) is 59.6 Å². The molecule has 0 radical (unpaired) electrons. The van der Waals surface area contributed by atoms with Gasteiger partial charge in [-0.2, -0.15) is 0 Å². The van der Waals surface area contributed by atoms with Crippen LogP contribution in [0.3, 0.4) is 0 Å². The molecule has 1 aliphatic rings. The summed E-state index contributed by atoms with van der Waals surface area (Å²) in [4.78, 5) is 11.9. The molecule has 0 fully saturated rings. The van der Waals surface area contributed by atoms with Crippen molar-refractivity contribution in [3.05, 3.63) is 59.4 Å². The van der Waals surface area contributed by atoms with Gasteiger partial charge >= 0.3 is 0 Å². The molecular weight excluding hydrogens is 323 g/mol. The van der Waals surface area contributed by atoms with E-state index in [4.69, 9.17) is 9.47 Å². The average Bonchev–Trinajstić information content (AvgIpc) is 2.61. The molecule has 0 atom stereocenters. The number of hydrogen-bond donors (Lipinski definition) is 2. The second-order valence-corrected chi connectivity index (χ2v) is 5.77. The van der Waals surface area contributed by atoms with E-state index in [2.05, 4.69) is 10.6 Å². The van der Waals surface area contributed by atoms with E-state index in [1.807, 2.05) is 18.2 Å². The lowest BCUT2D eigenvalue weighted by atomic mass is 10.1. The molecule has 2 N–H and O–H groups in total. The minimum Gasteiger partial charge on any atom is -0.486 e. The molecule has 0 saturated heterocycles. The van der Waals surface area contributed by atoms with E-state index in [9.17, 15) is 9.18 Å². The molecule has 3 rings (SSSR count). The number of benzene rings is 2. The molecule has 0 bridgehead atoms. The number of hydrogen-bond acceptors (Lipinski definition) is 4. The second kappa shape index (κ2) is 8.48. The van der Waals surface area contributed by atoms with Crippen molar-refractivity contribution in [3.8, 4) is 11.5 Å². The van der Waals surface area contributed by atoms with Crippen molar-refractivity contribution in [2.45, 2.75) is 13.0 Å². The van der Waals surface area contributed by atoms with Gasteiger partial charge in [0.25, 0.3) is 0 Å². The lowest BCUT2D eigenvalue weighted by molar-refractivity contribution is -0.120. The van der Waals surface area contributed by atoms with Crippen LogP contribution in [0, 0.1) is 5.82 Å². The highest BCUT2D eigenvalue weighted by Crippen LogP contribution is 2.33. The summed E-state index contributed by atoms with van der Waals surface area (Å²) in [5.74, 6) is 1.11. The molecule has 0 aliphatic carbocycles. The summed E-state index contributed by atoms with van der Waals surface area (Å²) in [6.45, 7) is 2.88. The van der Waals surface area contributed by atoms with Gasteiger partial charge in [0.2, 0.25) is 5.91 Å². The van der Waals surface area contributed by atoms with Crippen LogP contribution in [-0.4, -0.2) is 32.2 Å². The van der Waals surface area contributed by atoms with E-state index in [0.717, 1.165) is 17.1 Å². The summed E-state index contributed by atoms with van der Waals surface area (Å²) in [6, 6.07) is 11.9. The van der Waals surface area contributed by atoms with Gasteiger partial charge in [-0.1, -0.05) is 24.3 Å². The summed E-state index contributed by atoms with van der Waals surface area (Å²) >= 11 is 0. The van der Waals surface area contributed by atoms with Gasteiger partial charge in [-0.15, -0.1) is 0 Å². The summed E-state index contributed by atoms with van der Waals surface area (Å²) in [5.41, 5.74) is 1.70. The number of rotatable bonds is 7. The molecule has 25 heavy (non-hydrogen) atoms. The maximum atomic E-state index is 13.1.